The minimum atomic E-state index is 0.252. The monoisotopic (exact) mass is 281 g/mol. The van der Waals surface area contributed by atoms with Crippen LogP contribution in [0.5, 0.6) is 0 Å². The molecule has 21 heavy (non-hydrogen) atoms. The minimum absolute atomic E-state index is 0.252. The Kier molecular flexibility index (Phi) is 3.98. The number of benzene rings is 1. The Bertz CT molecular complexity index is 611. The van der Waals surface area contributed by atoms with Crippen molar-refractivity contribution in [3.63, 3.8) is 0 Å². The molecule has 1 saturated carbocycles. The fourth-order valence-corrected chi connectivity index (χ4v) is 3.57. The molecule has 1 aromatic heterocycles. The largest absolute Gasteiger partial charge is 0.396 e. The van der Waals surface area contributed by atoms with Crippen LogP contribution in [0.3, 0.4) is 0 Å². The first-order valence-electron chi connectivity index (χ1n) is 7.68. The van der Waals surface area contributed by atoms with E-state index < -0.39 is 0 Å². The lowest BCUT2D eigenvalue weighted by Crippen LogP contribution is -2.36. The molecular formula is C19H23NO. The van der Waals surface area contributed by atoms with Crippen LogP contribution in [0.1, 0.15) is 35.1 Å². The van der Waals surface area contributed by atoms with Crippen LogP contribution in [0.4, 0.5) is 0 Å². The third kappa shape index (κ3) is 2.56. The summed E-state index contributed by atoms with van der Waals surface area (Å²) in [5, 5.41) is 9.83. The molecule has 1 aliphatic carbocycles. The molecule has 110 valence electrons. The van der Waals surface area contributed by atoms with Gasteiger partial charge in [0, 0.05) is 31.0 Å². The van der Waals surface area contributed by atoms with Crippen molar-refractivity contribution in [1.29, 1.82) is 0 Å². The van der Waals surface area contributed by atoms with Crippen molar-refractivity contribution < 1.29 is 5.11 Å². The Morgan fingerprint density at radius 2 is 2.00 bits per heavy atom. The zero-order valence-electron chi connectivity index (χ0n) is 12.6. The Balaban J connectivity index is 1.80. The molecule has 0 amide bonds. The molecule has 1 heterocycles. The van der Waals surface area contributed by atoms with Gasteiger partial charge in [-0.2, -0.15) is 0 Å². The maximum absolute atomic E-state index is 9.83. The molecule has 0 radical (unpaired) electrons. The molecule has 1 N–H and O–H groups in total. The SMILES string of the molecule is C=CCn1cccc1C1CC(c2ccc(C)cc2)C1CO. The second-order valence-electron chi connectivity index (χ2n) is 6.08. The summed E-state index contributed by atoms with van der Waals surface area (Å²) in [7, 11) is 0. The van der Waals surface area contributed by atoms with Gasteiger partial charge in [-0.15, -0.1) is 6.58 Å². The van der Waals surface area contributed by atoms with Crippen molar-refractivity contribution in [2.75, 3.05) is 6.61 Å². The Morgan fingerprint density at radius 1 is 1.24 bits per heavy atom. The fraction of sp³-hybridized carbons (Fsp3) is 0.368. The van der Waals surface area contributed by atoms with Crippen molar-refractivity contribution in [2.24, 2.45) is 5.92 Å². The van der Waals surface area contributed by atoms with E-state index in [0.29, 0.717) is 17.8 Å². The van der Waals surface area contributed by atoms with E-state index in [0.717, 1.165) is 13.0 Å². The van der Waals surface area contributed by atoms with Gasteiger partial charge in [-0.3, -0.25) is 0 Å². The van der Waals surface area contributed by atoms with Crippen molar-refractivity contribution in [1.82, 2.24) is 4.57 Å². The van der Waals surface area contributed by atoms with E-state index >= 15 is 0 Å². The smallest absolute Gasteiger partial charge is 0.0471 e. The number of rotatable bonds is 5. The predicted octanol–water partition coefficient (Wildman–Crippen LogP) is 3.86. The number of aromatic nitrogens is 1. The van der Waals surface area contributed by atoms with Gasteiger partial charge in [-0.05, 0) is 42.9 Å². The highest BCUT2D eigenvalue weighted by molar-refractivity contribution is 5.31. The summed E-state index contributed by atoms with van der Waals surface area (Å²) in [6.07, 6.45) is 5.15. The van der Waals surface area contributed by atoms with E-state index in [4.69, 9.17) is 0 Å². The number of hydrogen-bond acceptors (Lipinski definition) is 1. The number of aryl methyl sites for hydroxylation is 1. The highest BCUT2D eigenvalue weighted by atomic mass is 16.3. The topological polar surface area (TPSA) is 25.2 Å². The van der Waals surface area contributed by atoms with Gasteiger partial charge in [-0.1, -0.05) is 35.9 Å². The summed E-state index contributed by atoms with van der Waals surface area (Å²) in [6, 6.07) is 13.0. The summed E-state index contributed by atoms with van der Waals surface area (Å²) >= 11 is 0. The Labute approximate surface area is 126 Å². The van der Waals surface area contributed by atoms with Crippen molar-refractivity contribution in [3.05, 3.63) is 72.1 Å². The molecule has 1 aromatic carbocycles. The first-order valence-corrected chi connectivity index (χ1v) is 7.68. The van der Waals surface area contributed by atoms with E-state index in [2.05, 4.69) is 60.7 Å². The van der Waals surface area contributed by atoms with Gasteiger partial charge in [0.1, 0.15) is 0 Å². The van der Waals surface area contributed by atoms with E-state index in [9.17, 15) is 5.11 Å². The molecule has 2 aromatic rings. The lowest BCUT2D eigenvalue weighted by atomic mass is 9.61. The van der Waals surface area contributed by atoms with E-state index in [1.54, 1.807) is 0 Å². The third-order valence-electron chi connectivity index (χ3n) is 4.83. The second kappa shape index (κ2) is 5.90. The zero-order chi connectivity index (χ0) is 14.8. The Hall–Kier alpha value is -1.80. The van der Waals surface area contributed by atoms with Crippen LogP contribution in [0, 0.1) is 12.8 Å². The normalized spacial score (nSPS) is 24.6. The lowest BCUT2D eigenvalue weighted by molar-refractivity contribution is 0.102. The first kappa shape index (κ1) is 14.2. The Morgan fingerprint density at radius 3 is 2.67 bits per heavy atom. The molecule has 2 heteroatoms. The van der Waals surface area contributed by atoms with Gasteiger partial charge in [0.25, 0.3) is 0 Å². The van der Waals surface area contributed by atoms with Gasteiger partial charge in [0.15, 0.2) is 0 Å². The predicted molar refractivity (Wildman–Crippen MR) is 86.5 cm³/mol. The maximum atomic E-state index is 9.83. The number of nitrogens with zero attached hydrogens (tertiary/aromatic N) is 1. The average Bonchev–Trinajstić information content (AvgIpc) is 2.89. The maximum Gasteiger partial charge on any atom is 0.0471 e. The van der Waals surface area contributed by atoms with Gasteiger partial charge in [0.05, 0.1) is 0 Å². The van der Waals surface area contributed by atoms with Crippen LogP contribution in [0.25, 0.3) is 0 Å². The summed E-state index contributed by atoms with van der Waals surface area (Å²) in [5.74, 6) is 1.26. The van der Waals surface area contributed by atoms with E-state index in [1.807, 2.05) is 6.08 Å². The number of allylic oxidation sites excluding steroid dienone is 1. The second-order valence-corrected chi connectivity index (χ2v) is 6.08. The lowest BCUT2D eigenvalue weighted by Gasteiger charge is -2.44. The average molecular weight is 281 g/mol. The van der Waals surface area contributed by atoms with Gasteiger partial charge < -0.3 is 9.67 Å². The molecule has 0 saturated heterocycles. The molecule has 1 fully saturated rings. The highest BCUT2D eigenvalue weighted by Crippen LogP contribution is 2.52. The molecule has 0 spiro atoms. The molecule has 1 aliphatic rings. The van der Waals surface area contributed by atoms with Crippen LogP contribution in [-0.2, 0) is 6.54 Å². The van der Waals surface area contributed by atoms with Gasteiger partial charge in [-0.25, -0.2) is 0 Å². The highest BCUT2D eigenvalue weighted by Gasteiger charge is 2.43. The van der Waals surface area contributed by atoms with Crippen LogP contribution in [0.2, 0.25) is 0 Å². The van der Waals surface area contributed by atoms with E-state index in [1.165, 1.54) is 16.8 Å². The van der Waals surface area contributed by atoms with Crippen LogP contribution in [0.15, 0.2) is 55.3 Å². The van der Waals surface area contributed by atoms with E-state index in [-0.39, 0.29) is 6.61 Å². The molecule has 3 rings (SSSR count). The van der Waals surface area contributed by atoms with Crippen LogP contribution >= 0.6 is 0 Å². The molecular weight excluding hydrogens is 258 g/mol. The zero-order valence-corrected chi connectivity index (χ0v) is 12.6. The quantitative estimate of drug-likeness (QED) is 0.827. The third-order valence-corrected chi connectivity index (χ3v) is 4.83. The number of hydrogen-bond donors (Lipinski definition) is 1. The first-order chi connectivity index (χ1) is 10.2. The number of aliphatic hydroxyl groups excluding tert-OH is 1. The molecule has 0 aliphatic heterocycles. The standard InChI is InChI=1S/C19H23NO/c1-3-10-20-11-4-5-19(20)17-12-16(18(17)13-21)15-8-6-14(2)7-9-15/h3-9,11,16-18,21H,1,10,12-13H2,2H3. The molecule has 0 bridgehead atoms. The number of aliphatic hydroxyl groups is 1. The minimum Gasteiger partial charge on any atom is -0.396 e. The molecule has 3 atom stereocenters. The summed E-state index contributed by atoms with van der Waals surface area (Å²) < 4.78 is 2.24. The van der Waals surface area contributed by atoms with Crippen molar-refractivity contribution in [3.8, 4) is 0 Å². The fourth-order valence-electron chi connectivity index (χ4n) is 3.57. The van der Waals surface area contributed by atoms with Crippen LogP contribution < -0.4 is 0 Å². The summed E-state index contributed by atoms with van der Waals surface area (Å²) in [4.78, 5) is 0. The summed E-state index contributed by atoms with van der Waals surface area (Å²) in [6.45, 7) is 7.02. The molecule has 2 nitrogen and oxygen atoms in total. The van der Waals surface area contributed by atoms with Crippen LogP contribution in [-0.4, -0.2) is 16.3 Å². The van der Waals surface area contributed by atoms with Crippen molar-refractivity contribution in [2.45, 2.75) is 31.7 Å². The van der Waals surface area contributed by atoms with Gasteiger partial charge >= 0.3 is 0 Å². The molecule has 3 unspecified atom stereocenters. The summed E-state index contributed by atoms with van der Waals surface area (Å²) in [5.41, 5.74) is 3.98. The van der Waals surface area contributed by atoms with Crippen molar-refractivity contribution >= 4 is 0 Å². The van der Waals surface area contributed by atoms with Gasteiger partial charge in [0.2, 0.25) is 0 Å².